The lowest BCUT2D eigenvalue weighted by Crippen LogP contribution is -2.41. The minimum Gasteiger partial charge on any atom is -0.396 e. The average Bonchev–Trinajstić information content (AvgIpc) is 2.74. The molecule has 2 rings (SSSR count). The van der Waals surface area contributed by atoms with Gasteiger partial charge in [0.25, 0.3) is 5.91 Å². The van der Waals surface area contributed by atoms with E-state index < -0.39 is 15.7 Å². The molecule has 20 heavy (non-hydrogen) atoms. The lowest BCUT2D eigenvalue weighted by atomic mass is 10.1. The Balaban J connectivity index is 2.23. The number of hydrogen-bond acceptors (Lipinski definition) is 4. The highest BCUT2D eigenvalue weighted by Gasteiger charge is 2.34. The third kappa shape index (κ3) is 2.92. The Morgan fingerprint density at radius 1 is 1.50 bits per heavy atom. The van der Waals surface area contributed by atoms with E-state index in [4.69, 9.17) is 5.73 Å². The molecule has 1 unspecified atom stereocenters. The van der Waals surface area contributed by atoms with Crippen LogP contribution < -0.4 is 5.73 Å². The largest absolute Gasteiger partial charge is 0.396 e. The van der Waals surface area contributed by atoms with E-state index in [0.29, 0.717) is 13.0 Å². The van der Waals surface area contributed by atoms with Crippen LogP contribution in [0.5, 0.6) is 0 Å². The molecule has 1 aromatic rings. The van der Waals surface area contributed by atoms with Gasteiger partial charge >= 0.3 is 0 Å². The van der Waals surface area contributed by atoms with Crippen molar-refractivity contribution in [3.63, 3.8) is 0 Å². The second kappa shape index (κ2) is 5.40. The van der Waals surface area contributed by atoms with Gasteiger partial charge in [-0.25, -0.2) is 12.8 Å². The first-order chi connectivity index (χ1) is 9.34. The van der Waals surface area contributed by atoms with Gasteiger partial charge in [0.1, 0.15) is 5.82 Å². The van der Waals surface area contributed by atoms with Crippen LogP contribution in [0.2, 0.25) is 0 Å². The summed E-state index contributed by atoms with van der Waals surface area (Å²) in [5.74, 6) is -0.801. The van der Waals surface area contributed by atoms with Crippen molar-refractivity contribution in [2.75, 3.05) is 23.8 Å². The summed E-state index contributed by atoms with van der Waals surface area (Å²) in [4.78, 5) is 13.9. The van der Waals surface area contributed by atoms with E-state index in [1.54, 1.807) is 6.92 Å². The van der Waals surface area contributed by atoms with Gasteiger partial charge < -0.3 is 10.6 Å². The first-order valence-electron chi connectivity index (χ1n) is 6.40. The Bertz CT molecular complexity index is 631. The van der Waals surface area contributed by atoms with Crippen LogP contribution in [0, 0.1) is 5.82 Å². The summed E-state index contributed by atoms with van der Waals surface area (Å²) in [5, 5.41) is 0. The molecule has 1 heterocycles. The SMILES string of the molecule is CCN(C(=O)c1ccc(F)c(N)c1)C1CCS(=O)(=O)C1. The fraction of sp³-hybridized carbons (Fsp3) is 0.462. The van der Waals surface area contributed by atoms with Crippen LogP contribution in [0.4, 0.5) is 10.1 Å². The molecule has 1 fully saturated rings. The highest BCUT2D eigenvalue weighted by molar-refractivity contribution is 7.91. The third-order valence-electron chi connectivity index (χ3n) is 3.49. The van der Waals surface area contributed by atoms with Gasteiger partial charge in [-0.05, 0) is 31.5 Å². The highest BCUT2D eigenvalue weighted by atomic mass is 32.2. The summed E-state index contributed by atoms with van der Waals surface area (Å²) in [5.41, 5.74) is 5.64. The predicted molar refractivity (Wildman–Crippen MR) is 74.6 cm³/mol. The number of carbonyl (C=O) groups excluding carboxylic acids is 1. The first-order valence-corrected chi connectivity index (χ1v) is 8.22. The normalized spacial score (nSPS) is 20.8. The topological polar surface area (TPSA) is 80.5 Å². The third-order valence-corrected chi connectivity index (χ3v) is 5.24. The Morgan fingerprint density at radius 3 is 2.70 bits per heavy atom. The Hall–Kier alpha value is -1.63. The van der Waals surface area contributed by atoms with E-state index in [9.17, 15) is 17.6 Å². The van der Waals surface area contributed by atoms with Crippen LogP contribution in [0.15, 0.2) is 18.2 Å². The number of amides is 1. The van der Waals surface area contributed by atoms with Crippen LogP contribution in [-0.4, -0.2) is 43.3 Å². The standard InChI is InChI=1S/C13H17FN2O3S/c1-2-16(10-5-6-20(18,19)8-10)13(17)9-3-4-11(14)12(15)7-9/h3-4,7,10H,2,5-6,8,15H2,1H3. The Kier molecular flexibility index (Phi) is 3.99. The molecule has 2 N–H and O–H groups in total. The average molecular weight is 300 g/mol. The number of hydrogen-bond donors (Lipinski definition) is 1. The molecule has 1 aliphatic rings. The van der Waals surface area contributed by atoms with Gasteiger partial charge in [0.2, 0.25) is 0 Å². The molecule has 1 saturated heterocycles. The van der Waals surface area contributed by atoms with Crippen molar-refractivity contribution in [1.82, 2.24) is 4.90 Å². The minimum atomic E-state index is -3.06. The molecule has 0 aromatic heterocycles. The molecule has 7 heteroatoms. The van der Waals surface area contributed by atoms with Gasteiger partial charge in [0, 0.05) is 18.2 Å². The molecular formula is C13H17FN2O3S. The van der Waals surface area contributed by atoms with E-state index in [1.165, 1.54) is 17.0 Å². The molecule has 0 radical (unpaired) electrons. The zero-order valence-corrected chi connectivity index (χ0v) is 12.0. The van der Waals surface area contributed by atoms with Gasteiger partial charge in [-0.2, -0.15) is 0 Å². The Morgan fingerprint density at radius 2 is 2.20 bits per heavy atom. The molecule has 1 atom stereocenters. The summed E-state index contributed by atoms with van der Waals surface area (Å²) < 4.78 is 36.1. The van der Waals surface area contributed by atoms with E-state index in [-0.39, 0.29) is 34.7 Å². The molecule has 0 aliphatic carbocycles. The van der Waals surface area contributed by atoms with E-state index in [2.05, 4.69) is 0 Å². The van der Waals surface area contributed by atoms with Crippen molar-refractivity contribution in [3.05, 3.63) is 29.6 Å². The number of benzene rings is 1. The first kappa shape index (κ1) is 14.8. The van der Waals surface area contributed by atoms with Gasteiger partial charge in [0.15, 0.2) is 9.84 Å². The maximum atomic E-state index is 13.1. The molecule has 1 aliphatic heterocycles. The van der Waals surface area contributed by atoms with Gasteiger partial charge in [-0.15, -0.1) is 0 Å². The van der Waals surface area contributed by atoms with Crippen molar-refractivity contribution in [1.29, 1.82) is 0 Å². The second-order valence-electron chi connectivity index (χ2n) is 4.88. The summed E-state index contributed by atoms with van der Waals surface area (Å²) in [6, 6.07) is 3.47. The number of nitrogens with two attached hydrogens (primary N) is 1. The minimum absolute atomic E-state index is 0.0107. The van der Waals surface area contributed by atoms with Crippen LogP contribution >= 0.6 is 0 Å². The summed E-state index contributed by atoms with van der Waals surface area (Å²) in [6.45, 7) is 2.19. The zero-order valence-electron chi connectivity index (χ0n) is 11.2. The molecule has 5 nitrogen and oxygen atoms in total. The monoisotopic (exact) mass is 300 g/mol. The zero-order chi connectivity index (χ0) is 14.9. The maximum absolute atomic E-state index is 13.1. The molecule has 0 saturated carbocycles. The highest BCUT2D eigenvalue weighted by Crippen LogP contribution is 2.21. The van der Waals surface area contributed by atoms with Crippen LogP contribution in [0.25, 0.3) is 0 Å². The number of nitrogen functional groups attached to an aromatic ring is 1. The fourth-order valence-electron chi connectivity index (χ4n) is 2.43. The number of halogens is 1. The summed E-state index contributed by atoms with van der Waals surface area (Å²) in [7, 11) is -3.06. The number of carbonyl (C=O) groups is 1. The van der Waals surface area contributed by atoms with Gasteiger partial charge in [-0.3, -0.25) is 4.79 Å². The molecule has 1 aromatic carbocycles. The molecule has 110 valence electrons. The van der Waals surface area contributed by atoms with Crippen molar-refractivity contribution >= 4 is 21.4 Å². The van der Waals surface area contributed by atoms with Gasteiger partial charge in [-0.1, -0.05) is 0 Å². The predicted octanol–water partition coefficient (Wildman–Crippen LogP) is 1.06. The fourth-order valence-corrected chi connectivity index (χ4v) is 4.16. The van der Waals surface area contributed by atoms with Gasteiger partial charge in [0.05, 0.1) is 17.2 Å². The van der Waals surface area contributed by atoms with Crippen molar-refractivity contribution in [3.8, 4) is 0 Å². The van der Waals surface area contributed by atoms with Crippen molar-refractivity contribution < 1.29 is 17.6 Å². The number of nitrogens with zero attached hydrogens (tertiary/aromatic N) is 1. The van der Waals surface area contributed by atoms with E-state index in [0.717, 1.165) is 6.07 Å². The number of anilines is 1. The van der Waals surface area contributed by atoms with Crippen molar-refractivity contribution in [2.45, 2.75) is 19.4 Å². The number of rotatable bonds is 3. The lowest BCUT2D eigenvalue weighted by Gasteiger charge is -2.27. The molecular weight excluding hydrogens is 283 g/mol. The summed E-state index contributed by atoms with van der Waals surface area (Å²) >= 11 is 0. The van der Waals surface area contributed by atoms with E-state index in [1.807, 2.05) is 0 Å². The van der Waals surface area contributed by atoms with E-state index >= 15 is 0 Å². The smallest absolute Gasteiger partial charge is 0.254 e. The molecule has 0 spiro atoms. The lowest BCUT2D eigenvalue weighted by molar-refractivity contribution is 0.0708. The van der Waals surface area contributed by atoms with Crippen molar-refractivity contribution in [2.24, 2.45) is 0 Å². The van der Waals surface area contributed by atoms with Crippen LogP contribution in [0.3, 0.4) is 0 Å². The van der Waals surface area contributed by atoms with Crippen LogP contribution in [-0.2, 0) is 9.84 Å². The molecule has 1 amide bonds. The summed E-state index contributed by atoms with van der Waals surface area (Å²) in [6.07, 6.45) is 0.443. The van der Waals surface area contributed by atoms with Crippen LogP contribution in [0.1, 0.15) is 23.7 Å². The molecule has 0 bridgehead atoms. The quantitative estimate of drug-likeness (QED) is 0.846. The maximum Gasteiger partial charge on any atom is 0.254 e. The second-order valence-corrected chi connectivity index (χ2v) is 7.11. The number of sulfone groups is 1. The Labute approximate surface area is 117 Å².